The molecule has 0 fully saturated rings. The third-order valence-electron chi connectivity index (χ3n) is 2.43. The van der Waals surface area contributed by atoms with Crippen LogP contribution in [0, 0.1) is 6.92 Å². The van der Waals surface area contributed by atoms with Crippen LogP contribution in [-0.2, 0) is 0 Å². The smallest absolute Gasteiger partial charge is 0.154 e. The lowest BCUT2D eigenvalue weighted by atomic mass is 10.2. The van der Waals surface area contributed by atoms with Crippen molar-refractivity contribution in [2.75, 3.05) is 0 Å². The van der Waals surface area contributed by atoms with Crippen molar-refractivity contribution in [2.24, 2.45) is 0 Å². The molecule has 0 saturated heterocycles. The Balaban J connectivity index is 2.73. The summed E-state index contributed by atoms with van der Waals surface area (Å²) in [6, 6.07) is 6.44. The number of fused-ring (bicyclic) bond motifs is 1. The summed E-state index contributed by atoms with van der Waals surface area (Å²) in [4.78, 5) is 4.42. The van der Waals surface area contributed by atoms with Crippen molar-refractivity contribution >= 4 is 19.3 Å². The van der Waals surface area contributed by atoms with E-state index in [1.165, 1.54) is 11.1 Å². The van der Waals surface area contributed by atoms with Gasteiger partial charge in [0, 0.05) is 0 Å². The van der Waals surface area contributed by atoms with Gasteiger partial charge in [-0.05, 0) is 24.6 Å². The lowest BCUT2D eigenvalue weighted by molar-refractivity contribution is 1.16. The van der Waals surface area contributed by atoms with Crippen LogP contribution < -0.4 is 0 Å². The molecule has 0 bridgehead atoms. The third kappa shape index (κ3) is 1.48. The largest absolute Gasteiger partial charge is 0.359 e. The van der Waals surface area contributed by atoms with E-state index in [2.05, 4.69) is 54.0 Å². The standard InChI is InChI=1S/C11H16N2Si/c1-9-5-6-10-11(7-9)13(8-12-10)14(2,3)4/h5-8H,1-4H3. The molecule has 0 aliphatic carbocycles. The van der Waals surface area contributed by atoms with Crippen molar-refractivity contribution in [1.82, 2.24) is 9.22 Å². The van der Waals surface area contributed by atoms with E-state index in [1.54, 1.807) is 0 Å². The zero-order chi connectivity index (χ0) is 10.3. The van der Waals surface area contributed by atoms with E-state index in [0.717, 1.165) is 5.52 Å². The quantitative estimate of drug-likeness (QED) is 0.653. The van der Waals surface area contributed by atoms with Crippen LogP contribution in [0.25, 0.3) is 11.0 Å². The van der Waals surface area contributed by atoms with Gasteiger partial charge in [0.25, 0.3) is 0 Å². The Morgan fingerprint density at radius 3 is 2.57 bits per heavy atom. The number of aryl methyl sites for hydroxylation is 1. The number of hydrogen-bond donors (Lipinski definition) is 0. The van der Waals surface area contributed by atoms with Crippen LogP contribution in [0.3, 0.4) is 0 Å². The molecule has 14 heavy (non-hydrogen) atoms. The van der Waals surface area contributed by atoms with Crippen molar-refractivity contribution in [3.05, 3.63) is 30.1 Å². The van der Waals surface area contributed by atoms with Crippen molar-refractivity contribution in [1.29, 1.82) is 0 Å². The minimum absolute atomic E-state index is 1.11. The second kappa shape index (κ2) is 2.95. The van der Waals surface area contributed by atoms with Gasteiger partial charge >= 0.3 is 0 Å². The molecule has 2 nitrogen and oxygen atoms in total. The molecule has 0 radical (unpaired) electrons. The highest BCUT2D eigenvalue weighted by molar-refractivity contribution is 6.75. The molecule has 0 N–H and O–H groups in total. The van der Waals surface area contributed by atoms with Gasteiger partial charge in [0.2, 0.25) is 0 Å². The molecule has 0 aliphatic heterocycles. The lowest BCUT2D eigenvalue weighted by Crippen LogP contribution is -2.31. The Bertz CT molecular complexity index is 466. The van der Waals surface area contributed by atoms with Gasteiger partial charge in [0.15, 0.2) is 8.24 Å². The van der Waals surface area contributed by atoms with Gasteiger partial charge in [-0.15, -0.1) is 0 Å². The summed E-state index contributed by atoms with van der Waals surface area (Å²) in [6.45, 7) is 9.12. The number of nitrogens with zero attached hydrogens (tertiary/aromatic N) is 2. The molecule has 0 spiro atoms. The van der Waals surface area contributed by atoms with Gasteiger partial charge in [-0.25, -0.2) is 4.98 Å². The predicted octanol–water partition coefficient (Wildman–Crippen LogP) is 3.03. The Morgan fingerprint density at radius 1 is 1.21 bits per heavy atom. The monoisotopic (exact) mass is 204 g/mol. The van der Waals surface area contributed by atoms with Gasteiger partial charge in [0.1, 0.15) is 0 Å². The fraction of sp³-hybridized carbons (Fsp3) is 0.364. The molecule has 0 unspecified atom stereocenters. The van der Waals surface area contributed by atoms with E-state index in [-0.39, 0.29) is 0 Å². The van der Waals surface area contributed by atoms with Gasteiger partial charge in [-0.2, -0.15) is 0 Å². The second-order valence-corrected chi connectivity index (χ2v) is 9.60. The first-order valence-electron chi connectivity index (χ1n) is 4.93. The molecule has 74 valence electrons. The molecule has 1 aromatic carbocycles. The first-order valence-corrected chi connectivity index (χ1v) is 8.37. The summed E-state index contributed by atoms with van der Waals surface area (Å²) < 4.78 is 2.36. The van der Waals surface area contributed by atoms with Crippen LogP contribution >= 0.6 is 0 Å². The van der Waals surface area contributed by atoms with E-state index < -0.39 is 8.24 Å². The third-order valence-corrected chi connectivity index (χ3v) is 4.23. The maximum Gasteiger partial charge on any atom is 0.154 e. The number of rotatable bonds is 1. The van der Waals surface area contributed by atoms with E-state index in [0.29, 0.717) is 0 Å². The molecule has 0 saturated carbocycles. The van der Waals surface area contributed by atoms with Crippen molar-refractivity contribution in [3.8, 4) is 0 Å². The minimum atomic E-state index is -1.31. The zero-order valence-corrected chi connectivity index (χ0v) is 10.2. The fourth-order valence-electron chi connectivity index (χ4n) is 1.65. The Morgan fingerprint density at radius 2 is 1.93 bits per heavy atom. The van der Waals surface area contributed by atoms with Gasteiger partial charge < -0.3 is 4.23 Å². The molecule has 3 heteroatoms. The normalized spacial score (nSPS) is 12.3. The maximum absolute atomic E-state index is 4.42. The highest BCUT2D eigenvalue weighted by Gasteiger charge is 2.18. The molecule has 2 rings (SSSR count). The minimum Gasteiger partial charge on any atom is -0.359 e. The molecule has 0 aliphatic rings. The second-order valence-electron chi connectivity index (χ2n) is 4.78. The summed E-state index contributed by atoms with van der Waals surface area (Å²) in [5.41, 5.74) is 3.69. The molecule has 2 aromatic rings. The Kier molecular flexibility index (Phi) is 1.99. The van der Waals surface area contributed by atoms with Crippen LogP contribution in [0.4, 0.5) is 0 Å². The van der Waals surface area contributed by atoms with E-state index in [9.17, 15) is 0 Å². The van der Waals surface area contributed by atoms with Gasteiger partial charge in [0.05, 0.1) is 17.4 Å². The van der Waals surface area contributed by atoms with Crippen LogP contribution in [0.2, 0.25) is 19.6 Å². The number of benzene rings is 1. The molecule has 1 aromatic heterocycles. The lowest BCUT2D eigenvalue weighted by Gasteiger charge is -2.18. The highest BCUT2D eigenvalue weighted by atomic mass is 28.3. The van der Waals surface area contributed by atoms with Crippen LogP contribution in [0.1, 0.15) is 5.56 Å². The highest BCUT2D eigenvalue weighted by Crippen LogP contribution is 2.18. The van der Waals surface area contributed by atoms with E-state index in [1.807, 2.05) is 6.33 Å². The summed E-state index contributed by atoms with van der Waals surface area (Å²) in [5, 5.41) is 0. The van der Waals surface area contributed by atoms with Gasteiger partial charge in [-0.3, -0.25) is 0 Å². The van der Waals surface area contributed by atoms with Crippen LogP contribution in [0.15, 0.2) is 24.5 Å². The summed E-state index contributed by atoms with van der Waals surface area (Å²) in [6.07, 6.45) is 1.98. The summed E-state index contributed by atoms with van der Waals surface area (Å²) >= 11 is 0. The van der Waals surface area contributed by atoms with Crippen molar-refractivity contribution in [2.45, 2.75) is 26.6 Å². The molecule has 1 heterocycles. The van der Waals surface area contributed by atoms with Crippen molar-refractivity contribution in [3.63, 3.8) is 0 Å². The van der Waals surface area contributed by atoms with Crippen LogP contribution in [-0.4, -0.2) is 17.5 Å². The van der Waals surface area contributed by atoms with E-state index in [4.69, 9.17) is 0 Å². The maximum atomic E-state index is 4.42. The van der Waals surface area contributed by atoms with Crippen molar-refractivity contribution < 1.29 is 0 Å². The summed E-state index contributed by atoms with van der Waals surface area (Å²) in [7, 11) is -1.31. The number of aromatic nitrogens is 2. The zero-order valence-electron chi connectivity index (χ0n) is 9.20. The molecule has 0 atom stereocenters. The first-order chi connectivity index (χ1) is 6.48. The molecular weight excluding hydrogens is 188 g/mol. The Hall–Kier alpha value is -1.09. The van der Waals surface area contributed by atoms with Crippen LogP contribution in [0.5, 0.6) is 0 Å². The molecular formula is C11H16N2Si. The number of imidazole rings is 1. The summed E-state index contributed by atoms with van der Waals surface area (Å²) in [5.74, 6) is 0. The fourth-order valence-corrected chi connectivity index (χ4v) is 2.96. The van der Waals surface area contributed by atoms with Gasteiger partial charge in [-0.1, -0.05) is 25.7 Å². The van der Waals surface area contributed by atoms with E-state index >= 15 is 0 Å². The first kappa shape index (κ1) is 9.46. The SMILES string of the molecule is Cc1ccc2ncn([Si](C)(C)C)c2c1. The topological polar surface area (TPSA) is 17.8 Å². The molecule has 0 amide bonds. The average Bonchev–Trinajstić information content (AvgIpc) is 2.45. The predicted molar refractivity (Wildman–Crippen MR) is 63.2 cm³/mol. The Labute approximate surface area is 85.7 Å². The number of hydrogen-bond acceptors (Lipinski definition) is 1. The average molecular weight is 204 g/mol.